The van der Waals surface area contributed by atoms with E-state index >= 15 is 0 Å². The van der Waals surface area contributed by atoms with Crippen molar-refractivity contribution >= 4 is 0 Å². The van der Waals surface area contributed by atoms with Gasteiger partial charge in [-0.15, -0.1) is 0 Å². The van der Waals surface area contributed by atoms with E-state index in [9.17, 15) is 0 Å². The normalized spacial score (nSPS) is 25.1. The van der Waals surface area contributed by atoms with Crippen molar-refractivity contribution in [2.75, 3.05) is 33.9 Å². The molecule has 94 valence electrons. The highest BCUT2D eigenvalue weighted by Gasteiger charge is 2.29. The van der Waals surface area contributed by atoms with Gasteiger partial charge in [0.2, 0.25) is 0 Å². The van der Waals surface area contributed by atoms with Crippen molar-refractivity contribution in [2.24, 2.45) is 5.92 Å². The van der Waals surface area contributed by atoms with Gasteiger partial charge in [0.25, 0.3) is 0 Å². The Kier molecular flexibility index (Phi) is 4.34. The van der Waals surface area contributed by atoms with Crippen LogP contribution in [0.15, 0.2) is 24.5 Å². The molecular weight excluding hydrogens is 216 g/mol. The molecule has 17 heavy (non-hydrogen) atoms. The maximum Gasteiger partial charge on any atom is 0.137 e. The Morgan fingerprint density at radius 3 is 3.06 bits per heavy atom. The summed E-state index contributed by atoms with van der Waals surface area (Å²) >= 11 is 0. The number of hydrogen-bond donors (Lipinski definition) is 0. The largest absolute Gasteiger partial charge is 0.490 e. The lowest BCUT2D eigenvalue weighted by Crippen LogP contribution is -2.30. The Morgan fingerprint density at radius 1 is 1.47 bits per heavy atom. The molecule has 0 aliphatic carbocycles. The number of pyridine rings is 1. The van der Waals surface area contributed by atoms with Gasteiger partial charge in [-0.1, -0.05) is 0 Å². The first-order valence-electron chi connectivity index (χ1n) is 6.01. The molecule has 4 nitrogen and oxygen atoms in total. The second-order valence-electron chi connectivity index (χ2n) is 4.65. The average molecular weight is 236 g/mol. The zero-order valence-electron chi connectivity index (χ0n) is 10.5. The molecule has 0 spiro atoms. The summed E-state index contributed by atoms with van der Waals surface area (Å²) in [6.07, 6.45) is 4.65. The minimum absolute atomic E-state index is 0.482. The van der Waals surface area contributed by atoms with Crippen LogP contribution < -0.4 is 4.74 Å². The fourth-order valence-electron chi connectivity index (χ4n) is 2.37. The highest BCUT2D eigenvalue weighted by molar-refractivity contribution is 5.15. The van der Waals surface area contributed by atoms with Crippen LogP contribution in [0.2, 0.25) is 0 Å². The average Bonchev–Trinajstić information content (AvgIpc) is 2.69. The summed E-state index contributed by atoms with van der Waals surface area (Å²) in [6, 6.07) is 4.31. The summed E-state index contributed by atoms with van der Waals surface area (Å²) in [6.45, 7) is 2.66. The lowest BCUT2D eigenvalue weighted by Gasteiger charge is -2.19. The zero-order valence-corrected chi connectivity index (χ0v) is 10.5. The first-order valence-corrected chi connectivity index (χ1v) is 6.01. The molecule has 1 aliphatic rings. The number of methoxy groups -OCH3 is 1. The third-order valence-electron chi connectivity index (χ3n) is 3.25. The monoisotopic (exact) mass is 236 g/mol. The van der Waals surface area contributed by atoms with Gasteiger partial charge >= 0.3 is 0 Å². The van der Waals surface area contributed by atoms with Gasteiger partial charge in [-0.25, -0.2) is 0 Å². The van der Waals surface area contributed by atoms with E-state index in [1.54, 1.807) is 19.5 Å². The molecule has 0 aromatic carbocycles. The summed E-state index contributed by atoms with van der Waals surface area (Å²) in [7, 11) is 3.91. The predicted molar refractivity (Wildman–Crippen MR) is 66.1 cm³/mol. The van der Waals surface area contributed by atoms with Crippen molar-refractivity contribution < 1.29 is 9.47 Å². The minimum atomic E-state index is 0.482. The van der Waals surface area contributed by atoms with Crippen molar-refractivity contribution in [1.29, 1.82) is 0 Å². The molecule has 0 bridgehead atoms. The van der Waals surface area contributed by atoms with Crippen LogP contribution in [0.3, 0.4) is 0 Å². The van der Waals surface area contributed by atoms with Crippen LogP contribution in [0, 0.1) is 5.92 Å². The molecule has 1 saturated heterocycles. The van der Waals surface area contributed by atoms with Crippen LogP contribution in [-0.4, -0.2) is 49.8 Å². The summed E-state index contributed by atoms with van der Waals surface area (Å²) in [5.74, 6) is 1.48. The van der Waals surface area contributed by atoms with E-state index in [0.29, 0.717) is 12.0 Å². The topological polar surface area (TPSA) is 34.6 Å². The molecule has 0 N–H and O–H groups in total. The van der Waals surface area contributed by atoms with Gasteiger partial charge in [-0.2, -0.15) is 0 Å². The highest BCUT2D eigenvalue weighted by atomic mass is 16.5. The second kappa shape index (κ2) is 5.98. The fraction of sp³-hybridized carbons (Fsp3) is 0.615. The van der Waals surface area contributed by atoms with Crippen LogP contribution in [0.4, 0.5) is 0 Å². The van der Waals surface area contributed by atoms with Crippen molar-refractivity contribution in [3.05, 3.63) is 24.5 Å². The first-order chi connectivity index (χ1) is 8.29. The Labute approximate surface area is 103 Å². The van der Waals surface area contributed by atoms with E-state index in [0.717, 1.165) is 31.9 Å². The highest BCUT2D eigenvalue weighted by Crippen LogP contribution is 2.22. The van der Waals surface area contributed by atoms with Crippen molar-refractivity contribution in [1.82, 2.24) is 9.88 Å². The number of likely N-dealkylation sites (tertiary alicyclic amines) is 1. The molecule has 0 amide bonds. The van der Waals surface area contributed by atoms with Gasteiger partial charge in [-0.05, 0) is 31.5 Å². The summed E-state index contributed by atoms with van der Waals surface area (Å²) in [5.41, 5.74) is 0. The maximum atomic E-state index is 5.74. The molecule has 2 rings (SSSR count). The van der Waals surface area contributed by atoms with E-state index in [1.807, 2.05) is 12.1 Å². The lowest BCUT2D eigenvalue weighted by molar-refractivity contribution is 0.155. The molecule has 1 unspecified atom stereocenters. The molecule has 2 atom stereocenters. The third kappa shape index (κ3) is 3.41. The van der Waals surface area contributed by atoms with Crippen LogP contribution >= 0.6 is 0 Å². The van der Waals surface area contributed by atoms with E-state index in [-0.39, 0.29) is 0 Å². The van der Waals surface area contributed by atoms with Crippen molar-refractivity contribution in [3.8, 4) is 5.75 Å². The molecule has 1 fully saturated rings. The maximum absolute atomic E-state index is 5.74. The van der Waals surface area contributed by atoms with Gasteiger partial charge in [0, 0.05) is 25.9 Å². The SMILES string of the molecule is COC[C@H]1CC(COc2cccnc2)N(C)C1. The predicted octanol–water partition coefficient (Wildman–Crippen LogP) is 1.43. The second-order valence-corrected chi connectivity index (χ2v) is 4.65. The number of likely N-dealkylation sites (N-methyl/N-ethyl adjacent to an activating group) is 1. The van der Waals surface area contributed by atoms with Crippen LogP contribution in [0.25, 0.3) is 0 Å². The van der Waals surface area contributed by atoms with Crippen LogP contribution in [0.1, 0.15) is 6.42 Å². The quantitative estimate of drug-likeness (QED) is 0.774. The summed E-state index contributed by atoms with van der Waals surface area (Å²) < 4.78 is 10.9. The van der Waals surface area contributed by atoms with Gasteiger partial charge in [-0.3, -0.25) is 9.88 Å². The molecule has 4 heteroatoms. The lowest BCUT2D eigenvalue weighted by atomic mass is 10.1. The van der Waals surface area contributed by atoms with Crippen molar-refractivity contribution in [3.63, 3.8) is 0 Å². The Bertz CT molecular complexity index is 331. The molecule has 1 aromatic heterocycles. The first kappa shape index (κ1) is 12.3. The van der Waals surface area contributed by atoms with Gasteiger partial charge in [0.05, 0.1) is 12.8 Å². The fourth-order valence-corrected chi connectivity index (χ4v) is 2.37. The summed E-state index contributed by atoms with van der Waals surface area (Å²) in [5, 5.41) is 0. The van der Waals surface area contributed by atoms with Crippen LogP contribution in [0.5, 0.6) is 5.75 Å². The number of hydrogen-bond acceptors (Lipinski definition) is 4. The molecule has 2 heterocycles. The molecule has 0 saturated carbocycles. The Hall–Kier alpha value is -1.13. The number of nitrogens with zero attached hydrogens (tertiary/aromatic N) is 2. The third-order valence-corrected chi connectivity index (χ3v) is 3.25. The molecular formula is C13H20N2O2. The number of ether oxygens (including phenoxy) is 2. The minimum Gasteiger partial charge on any atom is -0.490 e. The Balaban J connectivity index is 1.80. The van der Waals surface area contributed by atoms with Crippen LogP contribution in [-0.2, 0) is 4.74 Å². The molecule has 0 radical (unpaired) electrons. The molecule has 1 aliphatic heterocycles. The van der Waals surface area contributed by atoms with E-state index < -0.39 is 0 Å². The number of rotatable bonds is 5. The standard InChI is InChI=1S/C13H20N2O2/c1-15-8-11(9-16-2)6-12(15)10-17-13-4-3-5-14-7-13/h3-5,7,11-12H,6,8-10H2,1-2H3/t11-,12?/m0/s1. The number of aromatic nitrogens is 1. The van der Waals surface area contributed by atoms with Crippen molar-refractivity contribution in [2.45, 2.75) is 12.5 Å². The van der Waals surface area contributed by atoms with E-state index in [2.05, 4.69) is 16.9 Å². The van der Waals surface area contributed by atoms with Gasteiger partial charge < -0.3 is 9.47 Å². The van der Waals surface area contributed by atoms with E-state index in [1.165, 1.54) is 0 Å². The Morgan fingerprint density at radius 2 is 2.35 bits per heavy atom. The van der Waals surface area contributed by atoms with E-state index in [4.69, 9.17) is 9.47 Å². The van der Waals surface area contributed by atoms with Gasteiger partial charge in [0.1, 0.15) is 12.4 Å². The zero-order chi connectivity index (χ0) is 12.1. The smallest absolute Gasteiger partial charge is 0.137 e. The molecule has 1 aromatic rings. The van der Waals surface area contributed by atoms with Gasteiger partial charge in [0.15, 0.2) is 0 Å². The summed E-state index contributed by atoms with van der Waals surface area (Å²) in [4.78, 5) is 6.38.